The van der Waals surface area contributed by atoms with E-state index in [2.05, 4.69) is 31.1 Å². The van der Waals surface area contributed by atoms with Crippen LogP contribution in [-0.2, 0) is 12.8 Å². The molecule has 0 saturated carbocycles. The Labute approximate surface area is 97.1 Å². The molecule has 0 aliphatic heterocycles. The highest BCUT2D eigenvalue weighted by molar-refractivity contribution is 7.11. The minimum absolute atomic E-state index is 0.709. The highest BCUT2D eigenvalue weighted by Crippen LogP contribution is 2.21. The summed E-state index contributed by atoms with van der Waals surface area (Å²) >= 11 is 1.90. The van der Waals surface area contributed by atoms with Crippen LogP contribution in [0.5, 0.6) is 0 Å². The molecule has 0 aromatic carbocycles. The maximum Gasteiger partial charge on any atom is 0.0933 e. The summed E-state index contributed by atoms with van der Waals surface area (Å²) in [6, 6.07) is 0. The molecule has 0 saturated heterocycles. The zero-order chi connectivity index (χ0) is 11.3. The van der Waals surface area contributed by atoms with Crippen LogP contribution >= 0.6 is 11.3 Å². The number of aromatic nitrogens is 1. The van der Waals surface area contributed by atoms with Crippen molar-refractivity contribution in [2.45, 2.75) is 40.0 Å². The predicted molar refractivity (Wildman–Crippen MR) is 67.6 cm³/mol. The van der Waals surface area contributed by atoms with Gasteiger partial charge in [-0.05, 0) is 39.3 Å². The van der Waals surface area contributed by atoms with Crippen LogP contribution in [0.2, 0.25) is 0 Å². The van der Waals surface area contributed by atoms with Gasteiger partial charge in [-0.1, -0.05) is 13.8 Å². The minimum Gasteiger partial charge on any atom is -0.320 e. The first kappa shape index (κ1) is 12.7. The quantitative estimate of drug-likeness (QED) is 0.755. The fraction of sp³-hybridized carbons (Fsp3) is 0.750. The van der Waals surface area contributed by atoms with Gasteiger partial charge in [0.05, 0.1) is 10.7 Å². The molecule has 1 heterocycles. The molecule has 0 unspecified atom stereocenters. The second-order valence-corrected chi connectivity index (χ2v) is 5.59. The van der Waals surface area contributed by atoms with Crippen molar-refractivity contribution in [2.75, 3.05) is 13.6 Å². The average molecular weight is 226 g/mol. The van der Waals surface area contributed by atoms with Crippen LogP contribution < -0.4 is 5.32 Å². The standard InChI is InChI=1S/C12H22N2S/c1-9(2)8-12-14-10(3)11(15-12)6-5-7-13-4/h9,13H,5-8H2,1-4H3. The molecule has 0 radical (unpaired) electrons. The molecule has 0 aliphatic rings. The molecule has 2 nitrogen and oxygen atoms in total. The average Bonchev–Trinajstić information content (AvgIpc) is 2.46. The molecular formula is C12H22N2S. The van der Waals surface area contributed by atoms with Gasteiger partial charge in [0.1, 0.15) is 0 Å². The van der Waals surface area contributed by atoms with Crippen molar-refractivity contribution in [1.29, 1.82) is 0 Å². The summed E-state index contributed by atoms with van der Waals surface area (Å²) in [5, 5.41) is 4.49. The van der Waals surface area contributed by atoms with Gasteiger partial charge in [0.25, 0.3) is 0 Å². The summed E-state index contributed by atoms with van der Waals surface area (Å²) in [7, 11) is 2.00. The third kappa shape index (κ3) is 4.31. The van der Waals surface area contributed by atoms with Crippen LogP contribution in [0.3, 0.4) is 0 Å². The zero-order valence-electron chi connectivity index (χ0n) is 10.3. The third-order valence-electron chi connectivity index (χ3n) is 2.35. The lowest BCUT2D eigenvalue weighted by Crippen LogP contribution is -2.08. The Hall–Kier alpha value is -0.410. The molecule has 1 aromatic rings. The van der Waals surface area contributed by atoms with E-state index in [4.69, 9.17) is 0 Å². The van der Waals surface area contributed by atoms with E-state index < -0.39 is 0 Å². The summed E-state index contributed by atoms with van der Waals surface area (Å²) in [6.45, 7) is 7.72. The Bertz CT molecular complexity index is 292. The van der Waals surface area contributed by atoms with Crippen molar-refractivity contribution >= 4 is 11.3 Å². The van der Waals surface area contributed by atoms with Gasteiger partial charge in [0.15, 0.2) is 0 Å². The fourth-order valence-corrected chi connectivity index (χ4v) is 2.91. The summed E-state index contributed by atoms with van der Waals surface area (Å²) in [5.74, 6) is 0.709. The van der Waals surface area contributed by atoms with Gasteiger partial charge in [0, 0.05) is 11.3 Å². The molecule has 86 valence electrons. The first-order chi connectivity index (χ1) is 7.13. The monoisotopic (exact) mass is 226 g/mol. The van der Waals surface area contributed by atoms with E-state index >= 15 is 0 Å². The van der Waals surface area contributed by atoms with E-state index in [1.807, 2.05) is 18.4 Å². The van der Waals surface area contributed by atoms with Crippen molar-refractivity contribution in [3.8, 4) is 0 Å². The van der Waals surface area contributed by atoms with Crippen LogP contribution in [0.25, 0.3) is 0 Å². The van der Waals surface area contributed by atoms with Crippen molar-refractivity contribution in [1.82, 2.24) is 10.3 Å². The second kappa shape index (κ2) is 6.23. The Morgan fingerprint density at radius 1 is 1.40 bits per heavy atom. The first-order valence-corrected chi connectivity index (χ1v) is 6.55. The van der Waals surface area contributed by atoms with Crippen LogP contribution in [0, 0.1) is 12.8 Å². The maximum atomic E-state index is 4.63. The van der Waals surface area contributed by atoms with Crippen molar-refractivity contribution < 1.29 is 0 Å². The van der Waals surface area contributed by atoms with E-state index in [1.54, 1.807) is 0 Å². The Morgan fingerprint density at radius 2 is 2.13 bits per heavy atom. The topological polar surface area (TPSA) is 24.9 Å². The zero-order valence-corrected chi connectivity index (χ0v) is 11.1. The molecule has 1 N–H and O–H groups in total. The lowest BCUT2D eigenvalue weighted by Gasteiger charge is -1.98. The summed E-state index contributed by atoms with van der Waals surface area (Å²) in [5.41, 5.74) is 1.24. The third-order valence-corrected chi connectivity index (χ3v) is 3.59. The van der Waals surface area contributed by atoms with E-state index in [0.29, 0.717) is 5.92 Å². The molecule has 0 fully saturated rings. The van der Waals surface area contributed by atoms with Gasteiger partial charge in [-0.25, -0.2) is 4.98 Å². The second-order valence-electron chi connectivity index (χ2n) is 4.42. The molecule has 1 rings (SSSR count). The number of rotatable bonds is 6. The van der Waals surface area contributed by atoms with Crippen LogP contribution in [0.15, 0.2) is 0 Å². The van der Waals surface area contributed by atoms with Gasteiger partial charge in [-0.15, -0.1) is 11.3 Å². The minimum atomic E-state index is 0.709. The van der Waals surface area contributed by atoms with Gasteiger partial charge < -0.3 is 5.32 Å². The number of hydrogen-bond donors (Lipinski definition) is 1. The van der Waals surface area contributed by atoms with E-state index in [9.17, 15) is 0 Å². The Kier molecular flexibility index (Phi) is 5.26. The molecule has 0 aliphatic carbocycles. The number of nitrogens with one attached hydrogen (secondary N) is 1. The van der Waals surface area contributed by atoms with Gasteiger partial charge >= 0.3 is 0 Å². The largest absolute Gasteiger partial charge is 0.320 e. The fourth-order valence-electron chi connectivity index (χ4n) is 1.58. The summed E-state index contributed by atoms with van der Waals surface area (Å²) < 4.78 is 0. The molecule has 0 spiro atoms. The van der Waals surface area contributed by atoms with Crippen LogP contribution in [0.4, 0.5) is 0 Å². The molecule has 3 heteroatoms. The van der Waals surface area contributed by atoms with Gasteiger partial charge in [0.2, 0.25) is 0 Å². The number of nitrogens with zero attached hydrogens (tertiary/aromatic N) is 1. The number of thiazole rings is 1. The van der Waals surface area contributed by atoms with Crippen LogP contribution in [0.1, 0.15) is 35.8 Å². The smallest absolute Gasteiger partial charge is 0.0933 e. The highest BCUT2D eigenvalue weighted by atomic mass is 32.1. The van der Waals surface area contributed by atoms with E-state index in [1.165, 1.54) is 28.4 Å². The molecular weight excluding hydrogens is 204 g/mol. The number of hydrogen-bond acceptors (Lipinski definition) is 3. The lowest BCUT2D eigenvalue weighted by molar-refractivity contribution is 0.643. The normalized spacial score (nSPS) is 11.3. The van der Waals surface area contributed by atoms with Gasteiger partial charge in [-0.2, -0.15) is 0 Å². The predicted octanol–water partition coefficient (Wildman–Crippen LogP) is 2.80. The van der Waals surface area contributed by atoms with Crippen molar-refractivity contribution in [3.05, 3.63) is 15.6 Å². The molecule has 15 heavy (non-hydrogen) atoms. The molecule has 0 bridgehead atoms. The summed E-state index contributed by atoms with van der Waals surface area (Å²) in [4.78, 5) is 6.10. The first-order valence-electron chi connectivity index (χ1n) is 5.73. The van der Waals surface area contributed by atoms with Crippen molar-refractivity contribution in [3.63, 3.8) is 0 Å². The highest BCUT2D eigenvalue weighted by Gasteiger charge is 2.08. The molecule has 0 atom stereocenters. The van der Waals surface area contributed by atoms with Crippen LogP contribution in [-0.4, -0.2) is 18.6 Å². The SMILES string of the molecule is CNCCCc1sc(CC(C)C)nc1C. The van der Waals surface area contributed by atoms with E-state index in [-0.39, 0.29) is 0 Å². The number of aryl methyl sites for hydroxylation is 2. The molecule has 1 aromatic heterocycles. The van der Waals surface area contributed by atoms with Crippen molar-refractivity contribution in [2.24, 2.45) is 5.92 Å². The molecule has 0 amide bonds. The summed E-state index contributed by atoms with van der Waals surface area (Å²) in [6.07, 6.45) is 3.50. The Morgan fingerprint density at radius 3 is 2.73 bits per heavy atom. The maximum absolute atomic E-state index is 4.63. The van der Waals surface area contributed by atoms with E-state index in [0.717, 1.165) is 13.0 Å². The van der Waals surface area contributed by atoms with Gasteiger partial charge in [-0.3, -0.25) is 0 Å². The lowest BCUT2D eigenvalue weighted by atomic mass is 10.1. The Balaban J connectivity index is 2.53.